The Morgan fingerprint density at radius 2 is 0.841 bits per heavy atom. The standard InChI is InChI=1S/2C29H47F3O2.CH4/c2*1-18(7-12-24(33)25(2,3)4)21-10-11-22-20-9-8-19-17-28(34,29(30,31)32)16-15-26(19,5)23(20)13-14-27(21,22)6;/h2*8,18,20-24,33-34H,7,9-17H2,1-6H3;1H4/t2*18-,20+,21-,22+,23+,24+,26+,27-,28+;/m11./s1. The molecule has 10 heteroatoms. The summed E-state index contributed by atoms with van der Waals surface area (Å²) in [6.07, 6.45) is 9.48. The fraction of sp³-hybridized carbons (Fsp3) is 0.932. The molecule has 0 aromatic heterocycles. The van der Waals surface area contributed by atoms with Gasteiger partial charge in [-0.3, -0.25) is 0 Å². The fourth-order valence-electron chi connectivity index (χ4n) is 17.8. The monoisotopic (exact) mass is 985 g/mol. The van der Waals surface area contributed by atoms with Gasteiger partial charge < -0.3 is 20.4 Å². The third kappa shape index (κ3) is 10.1. The molecule has 0 aromatic rings. The lowest BCUT2D eigenvalue weighted by molar-refractivity contribution is -0.271. The van der Waals surface area contributed by atoms with Crippen molar-refractivity contribution in [1.82, 2.24) is 0 Å². The quantitative estimate of drug-likeness (QED) is 0.144. The molecule has 0 aliphatic heterocycles. The molecule has 0 heterocycles. The molecule has 0 spiro atoms. The average Bonchev–Trinajstić information content (AvgIpc) is 3.78. The van der Waals surface area contributed by atoms with Crippen LogP contribution in [0.4, 0.5) is 26.3 Å². The van der Waals surface area contributed by atoms with E-state index in [1.54, 1.807) is 0 Å². The number of hydrogen-bond acceptors (Lipinski definition) is 4. The minimum atomic E-state index is -4.56. The molecular formula is C59H98F6O4. The highest BCUT2D eigenvalue weighted by molar-refractivity contribution is 5.29. The predicted molar refractivity (Wildman–Crippen MR) is 267 cm³/mol. The minimum Gasteiger partial charge on any atom is -0.393 e. The van der Waals surface area contributed by atoms with Crippen molar-refractivity contribution >= 4 is 0 Å². The summed E-state index contributed by atoms with van der Waals surface area (Å²) in [7, 11) is 0. The van der Waals surface area contributed by atoms with Crippen molar-refractivity contribution in [2.24, 2.45) is 91.7 Å². The van der Waals surface area contributed by atoms with Gasteiger partial charge in [0.25, 0.3) is 0 Å². The number of rotatable bonds is 8. The normalized spacial score (nSPS) is 43.9. The summed E-state index contributed by atoms with van der Waals surface area (Å²) in [5, 5.41) is 41.9. The lowest BCUT2D eigenvalue weighted by Gasteiger charge is -2.59. The van der Waals surface area contributed by atoms with E-state index in [0.29, 0.717) is 72.0 Å². The molecule has 69 heavy (non-hydrogen) atoms. The molecule has 0 aromatic carbocycles. The summed E-state index contributed by atoms with van der Waals surface area (Å²) in [6.45, 7) is 26.7. The van der Waals surface area contributed by atoms with Crippen LogP contribution in [0.1, 0.15) is 219 Å². The topological polar surface area (TPSA) is 80.9 Å². The third-order valence-electron chi connectivity index (χ3n) is 22.7. The molecule has 0 radical (unpaired) electrons. The van der Waals surface area contributed by atoms with Crippen LogP contribution >= 0.6 is 0 Å². The van der Waals surface area contributed by atoms with Crippen LogP contribution in [-0.2, 0) is 0 Å². The van der Waals surface area contributed by atoms with Gasteiger partial charge in [-0.1, -0.05) is 114 Å². The molecule has 6 fully saturated rings. The highest BCUT2D eigenvalue weighted by atomic mass is 19.4. The Labute approximate surface area is 415 Å². The largest absolute Gasteiger partial charge is 0.417 e. The molecular weight excluding hydrogens is 887 g/mol. The van der Waals surface area contributed by atoms with E-state index in [1.165, 1.54) is 25.7 Å². The van der Waals surface area contributed by atoms with E-state index in [2.05, 4.69) is 95.2 Å². The minimum absolute atomic E-state index is 0. The SMILES string of the molecule is C.C[C@H](CC[C@H](O)C(C)(C)C)[C@H]1CC[C@H]2[C@@H]3CC=C4C[C@](O)(C(F)(F)F)CC[C@]4(C)[C@H]3CC[C@]12C.C[C@H](CC[C@H](O)C(C)(C)C)[C@H]1CC[C@H]2[C@@H]3CC=C4C[C@](O)(C(F)(F)F)CC[C@]4(C)[C@H]3CC[C@]12C. The van der Waals surface area contributed by atoms with Crippen molar-refractivity contribution in [2.45, 2.75) is 255 Å². The molecule has 18 atom stereocenters. The number of aliphatic hydroxyl groups excluding tert-OH is 2. The predicted octanol–water partition coefficient (Wildman–Crippen LogP) is 16.0. The van der Waals surface area contributed by atoms with Crippen LogP contribution in [0.25, 0.3) is 0 Å². The highest BCUT2D eigenvalue weighted by Crippen LogP contribution is 2.70. The van der Waals surface area contributed by atoms with Gasteiger partial charge in [-0.25, -0.2) is 0 Å². The van der Waals surface area contributed by atoms with Gasteiger partial charge in [0, 0.05) is 12.8 Å². The van der Waals surface area contributed by atoms with Gasteiger partial charge in [0.2, 0.25) is 0 Å². The van der Waals surface area contributed by atoms with Crippen molar-refractivity contribution in [3.8, 4) is 0 Å². The number of allylic oxidation sites excluding steroid dienone is 2. The number of halogens is 6. The van der Waals surface area contributed by atoms with E-state index in [9.17, 15) is 46.8 Å². The zero-order valence-electron chi connectivity index (χ0n) is 44.3. The van der Waals surface area contributed by atoms with Gasteiger partial charge in [-0.2, -0.15) is 26.3 Å². The van der Waals surface area contributed by atoms with E-state index in [0.717, 1.165) is 75.4 Å². The summed E-state index contributed by atoms with van der Waals surface area (Å²) in [6, 6.07) is 0. The fourth-order valence-corrected chi connectivity index (χ4v) is 17.8. The lowest BCUT2D eigenvalue weighted by atomic mass is 9.46. The zero-order valence-corrected chi connectivity index (χ0v) is 44.3. The molecule has 4 nitrogen and oxygen atoms in total. The third-order valence-corrected chi connectivity index (χ3v) is 22.7. The maximum Gasteiger partial charge on any atom is 0.417 e. The first-order chi connectivity index (χ1) is 31.1. The second-order valence-corrected chi connectivity index (χ2v) is 28.3. The van der Waals surface area contributed by atoms with Crippen LogP contribution in [0.15, 0.2) is 23.3 Å². The van der Waals surface area contributed by atoms with Crippen LogP contribution < -0.4 is 0 Å². The van der Waals surface area contributed by atoms with Crippen LogP contribution in [0.3, 0.4) is 0 Å². The van der Waals surface area contributed by atoms with E-state index in [1.807, 2.05) is 0 Å². The van der Waals surface area contributed by atoms with Crippen molar-refractivity contribution < 1.29 is 46.8 Å². The van der Waals surface area contributed by atoms with Crippen molar-refractivity contribution in [1.29, 1.82) is 0 Å². The molecule has 0 amide bonds. The van der Waals surface area contributed by atoms with Crippen molar-refractivity contribution in [3.63, 3.8) is 0 Å². The van der Waals surface area contributed by atoms with Crippen LogP contribution in [0, 0.1) is 91.7 Å². The Morgan fingerprint density at radius 3 is 1.14 bits per heavy atom. The molecule has 6 saturated carbocycles. The first kappa shape index (κ1) is 57.2. The van der Waals surface area contributed by atoms with E-state index < -0.39 is 23.6 Å². The maximum atomic E-state index is 13.6. The van der Waals surface area contributed by atoms with Crippen LogP contribution in [0.2, 0.25) is 0 Å². The van der Waals surface area contributed by atoms with Crippen molar-refractivity contribution in [2.75, 3.05) is 0 Å². The highest BCUT2D eigenvalue weighted by Gasteiger charge is 2.65. The second kappa shape index (κ2) is 19.2. The first-order valence-corrected chi connectivity index (χ1v) is 27.4. The van der Waals surface area contributed by atoms with E-state index in [4.69, 9.17) is 0 Å². The summed E-state index contributed by atoms with van der Waals surface area (Å²) in [4.78, 5) is 0. The Balaban J connectivity index is 0.000000224. The smallest absolute Gasteiger partial charge is 0.393 e. The van der Waals surface area contributed by atoms with Gasteiger partial charge in [0.05, 0.1) is 12.2 Å². The molecule has 4 N–H and O–H groups in total. The van der Waals surface area contributed by atoms with Gasteiger partial charge in [0.15, 0.2) is 11.2 Å². The Morgan fingerprint density at radius 1 is 0.507 bits per heavy atom. The molecule has 400 valence electrons. The first-order valence-electron chi connectivity index (χ1n) is 27.4. The summed E-state index contributed by atoms with van der Waals surface area (Å²) in [5.74, 6) is 5.67. The van der Waals surface area contributed by atoms with E-state index in [-0.39, 0.29) is 77.8 Å². The van der Waals surface area contributed by atoms with Crippen LogP contribution in [0.5, 0.6) is 0 Å². The zero-order chi connectivity index (χ0) is 50.6. The second-order valence-electron chi connectivity index (χ2n) is 28.3. The Kier molecular flexibility index (Phi) is 15.9. The summed E-state index contributed by atoms with van der Waals surface area (Å²) in [5.41, 5.74) is -3.39. The van der Waals surface area contributed by atoms with Crippen molar-refractivity contribution in [3.05, 3.63) is 23.3 Å². The van der Waals surface area contributed by atoms with Gasteiger partial charge in [-0.15, -0.1) is 0 Å². The summed E-state index contributed by atoms with van der Waals surface area (Å²) >= 11 is 0. The molecule has 0 unspecified atom stereocenters. The number of hydrogen-bond donors (Lipinski definition) is 4. The van der Waals surface area contributed by atoms with E-state index >= 15 is 0 Å². The molecule has 8 aliphatic carbocycles. The van der Waals surface area contributed by atoms with Gasteiger partial charge in [-0.05, 0) is 207 Å². The average molecular weight is 985 g/mol. The Bertz CT molecular complexity index is 1730. The molecule has 0 bridgehead atoms. The summed E-state index contributed by atoms with van der Waals surface area (Å²) < 4.78 is 81.4. The maximum absolute atomic E-state index is 13.6. The number of aliphatic hydroxyl groups is 4. The van der Waals surface area contributed by atoms with Gasteiger partial charge in [0.1, 0.15) is 0 Å². The molecule has 8 rings (SSSR count). The van der Waals surface area contributed by atoms with Gasteiger partial charge >= 0.3 is 12.4 Å². The number of alkyl halides is 6. The Hall–Kier alpha value is -1.10. The molecule has 8 aliphatic rings. The van der Waals surface area contributed by atoms with Crippen LogP contribution in [-0.4, -0.2) is 56.2 Å². The lowest BCUT2D eigenvalue weighted by Crippen LogP contribution is -2.55. The molecule has 0 saturated heterocycles. The number of fused-ring (bicyclic) bond motifs is 10.